The number of nitrogens with two attached hydrogens (primary N) is 1. The van der Waals surface area contributed by atoms with Crippen molar-refractivity contribution < 1.29 is 13.9 Å². The number of hydrogen-bond donors (Lipinski definition) is 2. The van der Waals surface area contributed by atoms with Gasteiger partial charge in [0, 0.05) is 44.2 Å². The highest BCUT2D eigenvalue weighted by molar-refractivity contribution is 5.87. The Kier molecular flexibility index (Phi) is 6.10. The third kappa shape index (κ3) is 4.80. The van der Waals surface area contributed by atoms with E-state index in [9.17, 15) is 4.79 Å². The van der Waals surface area contributed by atoms with Gasteiger partial charge >= 0.3 is 11.8 Å². The van der Waals surface area contributed by atoms with Crippen LogP contribution in [0.3, 0.4) is 0 Å². The quantitative estimate of drug-likeness (QED) is 0.402. The van der Waals surface area contributed by atoms with Crippen LogP contribution in [-0.2, 0) is 18.3 Å². The summed E-state index contributed by atoms with van der Waals surface area (Å²) in [6.07, 6.45) is 7.10. The molecule has 0 bridgehead atoms. The average Bonchev–Trinajstić information content (AvgIpc) is 3.65. The summed E-state index contributed by atoms with van der Waals surface area (Å²) in [5.74, 6) is -0.157. The molecule has 5 heterocycles. The molecule has 6 rings (SSSR count). The molecule has 12 heteroatoms. The first-order valence-electron chi connectivity index (χ1n) is 12.2. The van der Waals surface area contributed by atoms with Crippen molar-refractivity contribution in [1.82, 2.24) is 34.8 Å². The number of nitrogens with zero attached hydrogens (tertiary/aromatic N) is 7. The van der Waals surface area contributed by atoms with E-state index in [0.717, 1.165) is 67.2 Å². The Bertz CT molecular complexity index is 1430. The minimum Gasteiger partial charge on any atom is -0.416 e. The summed E-state index contributed by atoms with van der Waals surface area (Å²) in [7, 11) is 1.86. The Morgan fingerprint density at radius 2 is 2.14 bits per heavy atom. The second kappa shape index (κ2) is 9.71. The van der Waals surface area contributed by atoms with E-state index < -0.39 is 5.91 Å². The van der Waals surface area contributed by atoms with Gasteiger partial charge in [-0.15, -0.1) is 10.2 Å². The lowest BCUT2D eigenvalue weighted by atomic mass is 9.91. The van der Waals surface area contributed by atoms with Crippen LogP contribution in [0, 0.1) is 0 Å². The molecule has 0 radical (unpaired) electrons. The van der Waals surface area contributed by atoms with Gasteiger partial charge in [-0.3, -0.25) is 14.4 Å². The van der Waals surface area contributed by atoms with Gasteiger partial charge in [-0.25, -0.2) is 9.97 Å². The number of aromatic nitrogens is 6. The molecule has 2 aliphatic rings. The summed E-state index contributed by atoms with van der Waals surface area (Å²) >= 11 is 0. The van der Waals surface area contributed by atoms with E-state index >= 15 is 0 Å². The number of aryl methyl sites for hydroxylation is 1. The SMILES string of the molecule is Cn1cc(Nc2nccc(-c3ccc4c(c3)CN([C@@H]3CCOC3)CC[C@H]4c3nnc(C(N)=O)o3)n2)cn1. The molecule has 1 aromatic carbocycles. The molecule has 1 fully saturated rings. The molecule has 0 unspecified atom stereocenters. The average molecular weight is 502 g/mol. The number of anilines is 2. The highest BCUT2D eigenvalue weighted by Crippen LogP contribution is 2.36. The van der Waals surface area contributed by atoms with Crippen molar-refractivity contribution in [2.24, 2.45) is 12.8 Å². The van der Waals surface area contributed by atoms with Gasteiger partial charge in [0.15, 0.2) is 0 Å². The van der Waals surface area contributed by atoms with Gasteiger partial charge < -0.3 is 20.2 Å². The fraction of sp³-hybridized carbons (Fsp3) is 0.360. The lowest BCUT2D eigenvalue weighted by Gasteiger charge is -2.26. The van der Waals surface area contributed by atoms with E-state index in [1.54, 1.807) is 17.1 Å². The molecule has 4 aromatic rings. The summed E-state index contributed by atoms with van der Waals surface area (Å²) in [6, 6.07) is 8.55. The maximum atomic E-state index is 11.6. The van der Waals surface area contributed by atoms with E-state index in [2.05, 4.69) is 42.6 Å². The zero-order valence-corrected chi connectivity index (χ0v) is 20.4. The molecule has 0 saturated carbocycles. The van der Waals surface area contributed by atoms with Crippen LogP contribution in [0.2, 0.25) is 0 Å². The van der Waals surface area contributed by atoms with Crippen molar-refractivity contribution in [2.75, 3.05) is 25.1 Å². The van der Waals surface area contributed by atoms with Crippen molar-refractivity contribution in [3.63, 3.8) is 0 Å². The number of fused-ring (bicyclic) bond motifs is 1. The van der Waals surface area contributed by atoms with Gasteiger partial charge in [0.2, 0.25) is 11.8 Å². The van der Waals surface area contributed by atoms with Crippen LogP contribution in [0.15, 0.2) is 47.3 Å². The maximum Gasteiger partial charge on any atom is 0.306 e. The number of carbonyl (C=O) groups is 1. The Morgan fingerprint density at radius 3 is 2.89 bits per heavy atom. The highest BCUT2D eigenvalue weighted by atomic mass is 16.5. The standard InChI is InChI=1S/C25H27N9O3/c1-33-13-17(11-28-33)29-25-27-7-4-21(30-25)15-2-3-19-16(10-15)12-34(18-6-9-36-14-18)8-5-20(19)23-31-32-24(37-23)22(26)35/h2-4,7,10-11,13,18,20H,5-6,8-9,12,14H2,1H3,(H2,26,35)(H,27,29,30)/t18-,20-/m1/s1. The molecule has 1 saturated heterocycles. The normalized spacial score (nSPS) is 19.9. The maximum absolute atomic E-state index is 11.6. The molecule has 2 aliphatic heterocycles. The Labute approximate surface area is 212 Å². The second-order valence-electron chi connectivity index (χ2n) is 9.35. The minimum absolute atomic E-state index is 0.148. The number of amides is 1. The third-order valence-electron chi connectivity index (χ3n) is 6.88. The van der Waals surface area contributed by atoms with Gasteiger partial charge in [-0.1, -0.05) is 12.1 Å². The lowest BCUT2D eigenvalue weighted by molar-refractivity contribution is 0.0964. The summed E-state index contributed by atoms with van der Waals surface area (Å²) in [5, 5.41) is 15.4. The molecule has 3 aromatic heterocycles. The van der Waals surface area contributed by atoms with Crippen molar-refractivity contribution >= 4 is 17.5 Å². The highest BCUT2D eigenvalue weighted by Gasteiger charge is 2.32. The molecule has 37 heavy (non-hydrogen) atoms. The van der Waals surface area contributed by atoms with E-state index in [1.807, 2.05) is 25.4 Å². The molecule has 1 amide bonds. The van der Waals surface area contributed by atoms with Crippen LogP contribution < -0.4 is 11.1 Å². The van der Waals surface area contributed by atoms with Crippen molar-refractivity contribution in [1.29, 1.82) is 0 Å². The van der Waals surface area contributed by atoms with Crippen LogP contribution in [-0.4, -0.2) is 66.6 Å². The monoisotopic (exact) mass is 501 g/mol. The molecule has 0 spiro atoms. The molecule has 2 atom stereocenters. The number of ether oxygens (including phenoxy) is 1. The van der Waals surface area contributed by atoms with Gasteiger partial charge in [-0.2, -0.15) is 5.10 Å². The van der Waals surface area contributed by atoms with Crippen LogP contribution >= 0.6 is 0 Å². The van der Waals surface area contributed by atoms with Gasteiger partial charge in [-0.05, 0) is 42.6 Å². The summed E-state index contributed by atoms with van der Waals surface area (Å²) in [6.45, 7) is 3.10. The van der Waals surface area contributed by atoms with Crippen LogP contribution in [0.1, 0.15) is 46.5 Å². The minimum atomic E-state index is -0.730. The number of nitrogens with one attached hydrogen (secondary N) is 1. The van der Waals surface area contributed by atoms with E-state index in [4.69, 9.17) is 19.9 Å². The van der Waals surface area contributed by atoms with Crippen LogP contribution in [0.4, 0.5) is 11.6 Å². The molecule has 0 aliphatic carbocycles. The zero-order valence-electron chi connectivity index (χ0n) is 20.4. The number of rotatable bonds is 6. The second-order valence-corrected chi connectivity index (χ2v) is 9.35. The van der Waals surface area contributed by atoms with Crippen molar-refractivity contribution in [3.8, 4) is 11.3 Å². The molecule has 3 N–H and O–H groups in total. The third-order valence-corrected chi connectivity index (χ3v) is 6.88. The Balaban J connectivity index is 1.35. The molecular weight excluding hydrogens is 474 g/mol. The number of primary amides is 1. The van der Waals surface area contributed by atoms with Gasteiger partial charge in [0.05, 0.1) is 30.1 Å². The van der Waals surface area contributed by atoms with Crippen LogP contribution in [0.5, 0.6) is 0 Å². The topological polar surface area (TPSA) is 150 Å². The van der Waals surface area contributed by atoms with Gasteiger partial charge in [0.1, 0.15) is 0 Å². The predicted octanol–water partition coefficient (Wildman–Crippen LogP) is 2.23. The van der Waals surface area contributed by atoms with E-state index in [-0.39, 0.29) is 11.8 Å². The van der Waals surface area contributed by atoms with Crippen molar-refractivity contribution in [3.05, 3.63) is 65.8 Å². The van der Waals surface area contributed by atoms with Crippen molar-refractivity contribution in [2.45, 2.75) is 31.3 Å². The smallest absolute Gasteiger partial charge is 0.306 e. The van der Waals surface area contributed by atoms with E-state index in [0.29, 0.717) is 17.9 Å². The summed E-state index contributed by atoms with van der Waals surface area (Å²) in [5.41, 5.74) is 10.2. The summed E-state index contributed by atoms with van der Waals surface area (Å²) in [4.78, 5) is 23.1. The van der Waals surface area contributed by atoms with Gasteiger partial charge in [0.25, 0.3) is 0 Å². The number of carbonyl (C=O) groups excluding carboxylic acids is 1. The molecular formula is C25H27N9O3. The van der Waals surface area contributed by atoms with E-state index in [1.165, 1.54) is 0 Å². The fourth-order valence-electron chi connectivity index (χ4n) is 5.04. The Morgan fingerprint density at radius 1 is 1.22 bits per heavy atom. The first kappa shape index (κ1) is 23.3. The first-order chi connectivity index (χ1) is 18.0. The predicted molar refractivity (Wildman–Crippen MR) is 133 cm³/mol. The Hall–Kier alpha value is -4.16. The lowest BCUT2D eigenvalue weighted by Crippen LogP contribution is -2.35. The number of hydrogen-bond acceptors (Lipinski definition) is 10. The summed E-state index contributed by atoms with van der Waals surface area (Å²) < 4.78 is 13.1. The molecule has 12 nitrogen and oxygen atoms in total. The fourth-order valence-corrected chi connectivity index (χ4v) is 5.04. The molecule has 190 valence electrons. The zero-order chi connectivity index (χ0) is 25.4. The number of benzene rings is 1. The first-order valence-corrected chi connectivity index (χ1v) is 12.2. The van der Waals surface area contributed by atoms with Crippen LogP contribution in [0.25, 0.3) is 11.3 Å². The largest absolute Gasteiger partial charge is 0.416 e.